The molecule has 0 amide bonds. The number of ether oxygens (including phenoxy) is 2. The second-order valence-electron chi connectivity index (χ2n) is 10.7. The molecule has 4 atom stereocenters. The van der Waals surface area contributed by atoms with Gasteiger partial charge in [-0.25, -0.2) is 4.79 Å². The van der Waals surface area contributed by atoms with E-state index in [0.717, 1.165) is 0 Å². The first-order valence-electron chi connectivity index (χ1n) is 12.5. The molecule has 0 saturated carbocycles. The monoisotopic (exact) mass is 546 g/mol. The number of rotatable bonds is 8. The van der Waals surface area contributed by atoms with E-state index in [1.54, 1.807) is 0 Å². The Morgan fingerprint density at radius 3 is 2.17 bits per heavy atom. The Balaban J connectivity index is 2.13. The third kappa shape index (κ3) is 5.45. The molecule has 9 nitrogen and oxygen atoms in total. The third-order valence-corrected chi connectivity index (χ3v) is 17.7. The normalized spacial score (nSPS) is 28.5. The number of nitrogens with one attached hydrogen (secondary N) is 1. The lowest BCUT2D eigenvalue weighted by Crippen LogP contribution is -2.66. The van der Waals surface area contributed by atoms with Gasteiger partial charge in [0.1, 0.15) is 18.3 Å². The van der Waals surface area contributed by atoms with Gasteiger partial charge in [0.25, 0.3) is 5.56 Å². The van der Waals surface area contributed by atoms with Crippen LogP contribution in [0.25, 0.3) is 0 Å². The maximum atomic E-state index is 12.7. The Hall–Kier alpha value is -0.736. The van der Waals surface area contributed by atoms with Crippen LogP contribution in [0, 0.1) is 0 Å². The van der Waals surface area contributed by atoms with Gasteiger partial charge in [-0.1, -0.05) is 55.4 Å². The average molecular weight is 547 g/mol. The Labute approximate surface area is 214 Å². The molecule has 35 heavy (non-hydrogen) atoms. The third-order valence-electron chi connectivity index (χ3n) is 7.12. The highest BCUT2D eigenvalue weighted by atomic mass is 32.2. The van der Waals surface area contributed by atoms with Crippen molar-refractivity contribution in [3.8, 4) is 0 Å². The molecule has 0 bridgehead atoms. The highest BCUT2D eigenvalue weighted by Crippen LogP contribution is 2.48. The van der Waals surface area contributed by atoms with Crippen molar-refractivity contribution in [3.63, 3.8) is 0 Å². The van der Waals surface area contributed by atoms with Gasteiger partial charge < -0.3 is 22.4 Å². The van der Waals surface area contributed by atoms with E-state index in [2.05, 4.69) is 60.4 Å². The van der Waals surface area contributed by atoms with Crippen LogP contribution >= 0.6 is 11.8 Å². The molecule has 1 unspecified atom stereocenters. The summed E-state index contributed by atoms with van der Waals surface area (Å²) >= 11 is 1.54. The van der Waals surface area contributed by atoms with Crippen LogP contribution in [0.15, 0.2) is 21.9 Å². The van der Waals surface area contributed by atoms with Gasteiger partial charge in [0.15, 0.2) is 6.23 Å². The Morgan fingerprint density at radius 2 is 1.66 bits per heavy atom. The van der Waals surface area contributed by atoms with Gasteiger partial charge in [-0.2, -0.15) is 0 Å². The van der Waals surface area contributed by atoms with Crippen LogP contribution in [0.3, 0.4) is 0 Å². The van der Waals surface area contributed by atoms with Crippen LogP contribution in [-0.4, -0.2) is 63.8 Å². The van der Waals surface area contributed by atoms with Crippen molar-refractivity contribution in [2.24, 2.45) is 0 Å². The number of aromatic nitrogens is 2. The quantitative estimate of drug-likeness (QED) is 0.384. The molecule has 0 aromatic carbocycles. The average Bonchev–Trinajstić information content (AvgIpc) is 3.07. The number of hydrogen-bond donors (Lipinski definition) is 1. The summed E-state index contributed by atoms with van der Waals surface area (Å²) in [7, 11) is -5.59. The van der Waals surface area contributed by atoms with E-state index in [1.165, 1.54) is 28.6 Å². The molecule has 2 saturated heterocycles. The molecule has 2 aliphatic heterocycles. The molecule has 200 valence electrons. The van der Waals surface area contributed by atoms with Gasteiger partial charge in [0.05, 0.1) is 12.5 Å². The van der Waals surface area contributed by atoms with E-state index in [1.807, 2.05) is 6.26 Å². The number of aromatic amines is 1. The van der Waals surface area contributed by atoms with Gasteiger partial charge >= 0.3 is 22.8 Å². The fourth-order valence-corrected chi connectivity index (χ4v) is 16.8. The number of nitrogens with zero attached hydrogens (tertiary/aromatic N) is 1. The van der Waals surface area contributed by atoms with Crippen LogP contribution in [0.4, 0.5) is 0 Å². The van der Waals surface area contributed by atoms with Gasteiger partial charge in [-0.15, -0.1) is 11.8 Å². The number of H-pyrrole nitrogens is 1. The highest BCUT2D eigenvalue weighted by molar-refractivity contribution is 7.98. The second kappa shape index (κ2) is 11.3. The van der Waals surface area contributed by atoms with Crippen molar-refractivity contribution in [2.45, 2.75) is 102 Å². The summed E-state index contributed by atoms with van der Waals surface area (Å²) in [6, 6.07) is 1.31. The molecular formula is C23H42N2O7SSi2. The molecule has 2 fully saturated rings. The minimum absolute atomic E-state index is 0.158. The molecule has 12 heteroatoms. The predicted octanol–water partition coefficient (Wildman–Crippen LogP) is 4.10. The van der Waals surface area contributed by atoms with Crippen LogP contribution < -0.4 is 11.2 Å². The predicted molar refractivity (Wildman–Crippen MR) is 142 cm³/mol. The summed E-state index contributed by atoms with van der Waals surface area (Å²) in [6.45, 7) is 17.7. The van der Waals surface area contributed by atoms with Crippen molar-refractivity contribution in [2.75, 3.05) is 18.8 Å². The topological polar surface area (TPSA) is 101 Å². The van der Waals surface area contributed by atoms with Crippen molar-refractivity contribution in [3.05, 3.63) is 33.1 Å². The maximum absolute atomic E-state index is 12.7. The van der Waals surface area contributed by atoms with Crippen LogP contribution in [0.2, 0.25) is 22.2 Å². The Bertz CT molecular complexity index is 952. The fourth-order valence-electron chi connectivity index (χ4n) is 5.30. The van der Waals surface area contributed by atoms with Crippen LogP contribution in [-0.2, 0) is 22.4 Å². The molecule has 1 aromatic heterocycles. The lowest BCUT2D eigenvalue weighted by Gasteiger charge is -2.51. The SMILES string of the molecule is CSCO[C@H]1C2O[Si](C(C)C)(C(C)C)O[Si](C(C)C)(C(C)C)OC[C@H]2O[C@H]1n1ccc(=O)[nH]c1=O. The molecule has 3 heterocycles. The van der Waals surface area contributed by atoms with Gasteiger partial charge in [0.2, 0.25) is 0 Å². The minimum Gasteiger partial charge on any atom is -0.414 e. The van der Waals surface area contributed by atoms with Crippen molar-refractivity contribution >= 4 is 28.9 Å². The summed E-state index contributed by atoms with van der Waals surface area (Å²) in [5.41, 5.74) is -0.253. The molecular weight excluding hydrogens is 504 g/mol. The first kappa shape index (κ1) is 28.8. The van der Waals surface area contributed by atoms with Crippen molar-refractivity contribution in [1.29, 1.82) is 0 Å². The lowest BCUT2D eigenvalue weighted by molar-refractivity contribution is -0.0655. The minimum atomic E-state index is -2.88. The lowest BCUT2D eigenvalue weighted by atomic mass is 10.1. The summed E-state index contributed by atoms with van der Waals surface area (Å²) < 4.78 is 35.3. The molecule has 0 radical (unpaired) electrons. The summed E-state index contributed by atoms with van der Waals surface area (Å²) in [4.78, 5) is 26.7. The molecule has 1 aromatic rings. The standard InChI is InChI=1S/C23H42N2O7SSi2/c1-14(2)34(15(3)4)29-12-18-20(31-35(32-34,16(5)6)17(7)8)21(28-13-33-9)22(30-18)25-11-10-19(26)24-23(25)27/h10-11,14-18,20-22H,12-13H2,1-9H3,(H,24,26,27)/t18-,20?,21+,22-/m1/s1. The largest absolute Gasteiger partial charge is 0.414 e. The van der Waals surface area contributed by atoms with E-state index in [9.17, 15) is 9.59 Å². The summed E-state index contributed by atoms with van der Waals surface area (Å²) in [6.07, 6.45) is 1.15. The highest BCUT2D eigenvalue weighted by Gasteiger charge is 2.62. The van der Waals surface area contributed by atoms with E-state index < -0.39 is 52.9 Å². The molecule has 0 aliphatic carbocycles. The zero-order valence-electron chi connectivity index (χ0n) is 22.4. The smallest absolute Gasteiger partial charge is 0.335 e. The van der Waals surface area contributed by atoms with E-state index in [0.29, 0.717) is 12.5 Å². The molecule has 2 aliphatic rings. The zero-order chi connectivity index (χ0) is 26.1. The van der Waals surface area contributed by atoms with Gasteiger partial charge in [-0.05, 0) is 28.4 Å². The zero-order valence-corrected chi connectivity index (χ0v) is 25.2. The molecule has 3 rings (SSSR count). The van der Waals surface area contributed by atoms with Crippen molar-refractivity contribution in [1.82, 2.24) is 9.55 Å². The van der Waals surface area contributed by atoms with Crippen LogP contribution in [0.5, 0.6) is 0 Å². The van der Waals surface area contributed by atoms with E-state index in [4.69, 9.17) is 22.4 Å². The number of hydrogen-bond acceptors (Lipinski definition) is 8. The fraction of sp³-hybridized carbons (Fsp3) is 0.826. The molecule has 0 spiro atoms. The first-order valence-corrected chi connectivity index (χ1v) is 17.8. The Kier molecular flexibility index (Phi) is 9.34. The number of fused-ring (bicyclic) bond motifs is 1. The van der Waals surface area contributed by atoms with E-state index >= 15 is 0 Å². The molecule has 1 N–H and O–H groups in total. The summed E-state index contributed by atoms with van der Waals surface area (Å²) in [5, 5.41) is 0. The van der Waals surface area contributed by atoms with E-state index in [-0.39, 0.29) is 22.2 Å². The summed E-state index contributed by atoms with van der Waals surface area (Å²) in [5.74, 6) is 0.408. The maximum Gasteiger partial charge on any atom is 0.335 e. The van der Waals surface area contributed by atoms with Gasteiger partial charge in [0, 0.05) is 12.3 Å². The van der Waals surface area contributed by atoms with Gasteiger partial charge in [-0.3, -0.25) is 14.3 Å². The van der Waals surface area contributed by atoms with Crippen molar-refractivity contribution < 1.29 is 22.4 Å². The Morgan fingerprint density at radius 1 is 1.06 bits per heavy atom. The van der Waals surface area contributed by atoms with Crippen LogP contribution in [0.1, 0.15) is 61.6 Å². The number of thioether (sulfide) groups is 1. The first-order chi connectivity index (χ1) is 16.4. The second-order valence-corrected chi connectivity index (χ2v) is 20.3.